The summed E-state index contributed by atoms with van der Waals surface area (Å²) in [4.78, 5) is 33.7. The third-order valence-corrected chi connectivity index (χ3v) is 2.65. The Hall–Kier alpha value is -1.85. The molecule has 2 amide bonds. The molecule has 0 aliphatic heterocycles. The summed E-state index contributed by atoms with van der Waals surface area (Å²) in [6.07, 6.45) is -0.0524. The molecule has 6 nitrogen and oxygen atoms in total. The van der Waals surface area contributed by atoms with Gasteiger partial charge in [0.15, 0.2) is 0 Å². The smallest absolute Gasteiger partial charge is 0.333 e. The van der Waals surface area contributed by atoms with Crippen molar-refractivity contribution in [3.05, 3.63) is 12.2 Å². The van der Waals surface area contributed by atoms with Crippen LogP contribution in [0.2, 0.25) is 0 Å². The maximum atomic E-state index is 11.5. The van der Waals surface area contributed by atoms with Crippen molar-refractivity contribution in [1.82, 2.24) is 10.6 Å². The highest BCUT2D eigenvalue weighted by atomic mass is 16.5. The van der Waals surface area contributed by atoms with E-state index in [1.165, 1.54) is 13.8 Å². The van der Waals surface area contributed by atoms with Crippen LogP contribution in [-0.4, -0.2) is 36.0 Å². The average molecular weight is 284 g/mol. The largest absolute Gasteiger partial charge is 0.457 e. The zero-order valence-corrected chi connectivity index (χ0v) is 12.8. The first-order valence-electron chi connectivity index (χ1n) is 6.54. The lowest BCUT2D eigenvalue weighted by molar-refractivity contribution is -0.146. The summed E-state index contributed by atoms with van der Waals surface area (Å²) in [6, 6.07) is -0.520. The molecule has 114 valence electrons. The minimum atomic E-state index is -0.515. The molecule has 0 aliphatic rings. The van der Waals surface area contributed by atoms with Gasteiger partial charge in [-0.3, -0.25) is 9.59 Å². The van der Waals surface area contributed by atoms with Crippen LogP contribution < -0.4 is 10.6 Å². The van der Waals surface area contributed by atoms with E-state index in [0.717, 1.165) is 0 Å². The zero-order valence-electron chi connectivity index (χ0n) is 12.8. The Balaban J connectivity index is 4.69. The van der Waals surface area contributed by atoms with Crippen LogP contribution in [0.15, 0.2) is 12.2 Å². The van der Waals surface area contributed by atoms with Gasteiger partial charge in [0.25, 0.3) is 0 Å². The molecular weight excluding hydrogens is 260 g/mol. The zero-order chi connectivity index (χ0) is 15.9. The number of esters is 1. The fourth-order valence-electron chi connectivity index (χ4n) is 1.77. The molecule has 2 N–H and O–H groups in total. The standard InChI is InChI=1S/C14H24N2O4/c1-8(2)14(19)20-10(4)13(16-12(6)18)7-9(3)15-11(5)17/h9-10,13H,1,7H2,2-6H3,(H,15,17)(H,16,18). The van der Waals surface area contributed by atoms with E-state index in [0.29, 0.717) is 12.0 Å². The molecule has 0 spiro atoms. The van der Waals surface area contributed by atoms with Crippen LogP contribution in [0, 0.1) is 0 Å². The quantitative estimate of drug-likeness (QED) is 0.537. The summed E-state index contributed by atoms with van der Waals surface area (Å²) in [5.74, 6) is -0.867. The predicted octanol–water partition coefficient (Wildman–Crippen LogP) is 0.914. The molecule has 0 fully saturated rings. The Morgan fingerprint density at radius 1 is 1.05 bits per heavy atom. The molecule has 0 aromatic carbocycles. The van der Waals surface area contributed by atoms with Crippen LogP contribution >= 0.6 is 0 Å². The summed E-state index contributed by atoms with van der Waals surface area (Å²) in [7, 11) is 0. The Kier molecular flexibility index (Phi) is 7.57. The number of carbonyl (C=O) groups excluding carboxylic acids is 3. The number of hydrogen-bond donors (Lipinski definition) is 2. The van der Waals surface area contributed by atoms with Crippen LogP contribution in [0.25, 0.3) is 0 Å². The molecule has 20 heavy (non-hydrogen) atoms. The van der Waals surface area contributed by atoms with Crippen LogP contribution in [-0.2, 0) is 19.1 Å². The maximum absolute atomic E-state index is 11.5. The molecule has 0 aromatic heterocycles. The average Bonchev–Trinajstić information content (AvgIpc) is 2.25. The number of nitrogens with one attached hydrogen (secondary N) is 2. The lowest BCUT2D eigenvalue weighted by atomic mass is 10.0. The van der Waals surface area contributed by atoms with Crippen molar-refractivity contribution in [2.45, 2.75) is 59.2 Å². The first kappa shape index (κ1) is 18.1. The molecule has 6 heteroatoms. The molecular formula is C14H24N2O4. The molecule has 3 atom stereocenters. The van der Waals surface area contributed by atoms with E-state index >= 15 is 0 Å². The number of ether oxygens (including phenoxy) is 1. The van der Waals surface area contributed by atoms with Crippen LogP contribution in [0.5, 0.6) is 0 Å². The summed E-state index contributed by atoms with van der Waals surface area (Å²) in [5.41, 5.74) is 0.299. The van der Waals surface area contributed by atoms with Crippen molar-refractivity contribution in [1.29, 1.82) is 0 Å². The van der Waals surface area contributed by atoms with Gasteiger partial charge in [-0.25, -0.2) is 4.79 Å². The topological polar surface area (TPSA) is 84.5 Å². The predicted molar refractivity (Wildman–Crippen MR) is 75.9 cm³/mol. The fraction of sp³-hybridized carbons (Fsp3) is 0.643. The van der Waals surface area contributed by atoms with Gasteiger partial charge in [0.1, 0.15) is 6.10 Å². The summed E-state index contributed by atoms with van der Waals surface area (Å²) >= 11 is 0. The molecule has 0 radical (unpaired) electrons. The van der Waals surface area contributed by atoms with Gasteiger partial charge in [-0.05, 0) is 27.2 Å². The molecule has 3 unspecified atom stereocenters. The number of amides is 2. The SMILES string of the molecule is C=C(C)C(=O)OC(C)C(CC(C)NC(C)=O)NC(C)=O. The van der Waals surface area contributed by atoms with E-state index in [1.807, 2.05) is 6.92 Å². The van der Waals surface area contributed by atoms with Gasteiger partial charge in [0, 0.05) is 25.5 Å². The molecule has 0 aromatic rings. The van der Waals surface area contributed by atoms with Crippen molar-refractivity contribution in [3.63, 3.8) is 0 Å². The van der Waals surface area contributed by atoms with Gasteiger partial charge >= 0.3 is 5.97 Å². The van der Waals surface area contributed by atoms with Gasteiger partial charge in [-0.15, -0.1) is 0 Å². The summed E-state index contributed by atoms with van der Waals surface area (Å²) in [6.45, 7) is 11.4. The monoisotopic (exact) mass is 284 g/mol. The molecule has 0 saturated heterocycles. The van der Waals surface area contributed by atoms with Crippen molar-refractivity contribution in [2.75, 3.05) is 0 Å². The molecule has 0 aliphatic carbocycles. The van der Waals surface area contributed by atoms with Gasteiger partial charge in [-0.2, -0.15) is 0 Å². The summed E-state index contributed by atoms with van der Waals surface area (Å²) < 4.78 is 5.21. The molecule has 0 saturated carbocycles. The summed E-state index contributed by atoms with van der Waals surface area (Å²) in [5, 5.41) is 5.46. The van der Waals surface area contributed by atoms with Crippen LogP contribution in [0.3, 0.4) is 0 Å². The van der Waals surface area contributed by atoms with E-state index in [9.17, 15) is 14.4 Å². The minimum Gasteiger partial charge on any atom is -0.457 e. The second kappa shape index (κ2) is 8.35. The van der Waals surface area contributed by atoms with Crippen molar-refractivity contribution >= 4 is 17.8 Å². The van der Waals surface area contributed by atoms with Gasteiger partial charge in [0.2, 0.25) is 11.8 Å². The third kappa shape index (κ3) is 7.56. The second-order valence-electron chi connectivity index (χ2n) is 5.04. The minimum absolute atomic E-state index is 0.143. The highest BCUT2D eigenvalue weighted by molar-refractivity contribution is 5.87. The van der Waals surface area contributed by atoms with E-state index in [4.69, 9.17) is 4.74 Å². The van der Waals surface area contributed by atoms with Crippen molar-refractivity contribution < 1.29 is 19.1 Å². The van der Waals surface area contributed by atoms with E-state index < -0.39 is 12.1 Å². The van der Waals surface area contributed by atoms with Gasteiger partial charge in [-0.1, -0.05) is 6.58 Å². The van der Waals surface area contributed by atoms with Gasteiger partial charge in [0.05, 0.1) is 6.04 Å². The normalized spacial score (nSPS) is 14.7. The Labute approximate surface area is 119 Å². The maximum Gasteiger partial charge on any atom is 0.333 e. The van der Waals surface area contributed by atoms with E-state index in [2.05, 4.69) is 17.2 Å². The fourth-order valence-corrected chi connectivity index (χ4v) is 1.77. The lowest BCUT2D eigenvalue weighted by Gasteiger charge is -2.27. The Bertz CT molecular complexity index is 393. The number of hydrogen-bond acceptors (Lipinski definition) is 4. The second-order valence-corrected chi connectivity index (χ2v) is 5.04. The first-order valence-corrected chi connectivity index (χ1v) is 6.54. The lowest BCUT2D eigenvalue weighted by Crippen LogP contribution is -2.47. The van der Waals surface area contributed by atoms with Gasteiger partial charge < -0.3 is 15.4 Å². The van der Waals surface area contributed by atoms with Crippen LogP contribution in [0.1, 0.15) is 41.0 Å². The molecule has 0 rings (SSSR count). The van der Waals surface area contributed by atoms with Crippen molar-refractivity contribution in [2.24, 2.45) is 0 Å². The van der Waals surface area contributed by atoms with Crippen molar-refractivity contribution in [3.8, 4) is 0 Å². The van der Waals surface area contributed by atoms with E-state index in [-0.39, 0.29) is 23.9 Å². The molecule has 0 bridgehead atoms. The first-order chi connectivity index (χ1) is 9.13. The van der Waals surface area contributed by atoms with E-state index in [1.54, 1.807) is 13.8 Å². The number of carbonyl (C=O) groups is 3. The van der Waals surface area contributed by atoms with Crippen LogP contribution in [0.4, 0.5) is 0 Å². The Morgan fingerprint density at radius 3 is 1.95 bits per heavy atom. The Morgan fingerprint density at radius 2 is 1.55 bits per heavy atom. The third-order valence-electron chi connectivity index (χ3n) is 2.65. The highest BCUT2D eigenvalue weighted by Crippen LogP contribution is 2.09. The number of rotatable bonds is 7. The molecule has 0 heterocycles. The highest BCUT2D eigenvalue weighted by Gasteiger charge is 2.24.